The summed E-state index contributed by atoms with van der Waals surface area (Å²) in [6.45, 7) is 1.94. The minimum absolute atomic E-state index is 0.0404. The number of methoxy groups -OCH3 is 1. The second kappa shape index (κ2) is 7.06. The van der Waals surface area contributed by atoms with Gasteiger partial charge in [-0.05, 0) is 37.3 Å². The largest absolute Gasteiger partial charge is 0.495 e. The van der Waals surface area contributed by atoms with Crippen molar-refractivity contribution in [1.29, 1.82) is 0 Å². The highest BCUT2D eigenvalue weighted by Gasteiger charge is 2.07. The Balaban J connectivity index is 2.12. The number of rotatable bonds is 4. The first kappa shape index (κ1) is 15.3. The maximum Gasteiger partial charge on any atom is 0.175 e. The number of thiocarbonyl (C=S) groups is 1. The van der Waals surface area contributed by atoms with Gasteiger partial charge in [0, 0.05) is 11.3 Å². The van der Waals surface area contributed by atoms with Gasteiger partial charge in [0.2, 0.25) is 0 Å². The minimum atomic E-state index is -0.0404. The van der Waals surface area contributed by atoms with Crippen LogP contribution in [0.1, 0.15) is 11.1 Å². The van der Waals surface area contributed by atoms with Gasteiger partial charge in [-0.1, -0.05) is 29.8 Å². The first-order valence-electron chi connectivity index (χ1n) is 6.55. The molecule has 110 valence electrons. The van der Waals surface area contributed by atoms with E-state index in [1.165, 1.54) is 0 Å². The number of aryl methyl sites for hydroxylation is 1. The van der Waals surface area contributed by atoms with E-state index >= 15 is 0 Å². The minimum Gasteiger partial charge on any atom is -0.495 e. The Kier molecular flexibility index (Phi) is 5.14. The monoisotopic (exact) mass is 302 g/mol. The second-order valence-corrected chi connectivity index (χ2v) is 5.01. The van der Waals surface area contributed by atoms with E-state index in [4.69, 9.17) is 17.0 Å². The topological polar surface area (TPSA) is 53.5 Å². The van der Waals surface area contributed by atoms with E-state index in [1.807, 2.05) is 49.4 Å². The lowest BCUT2D eigenvalue weighted by atomic mass is 10.1. The first-order valence-corrected chi connectivity index (χ1v) is 6.96. The highest BCUT2D eigenvalue weighted by molar-refractivity contribution is 7.80. The van der Waals surface area contributed by atoms with Gasteiger partial charge >= 0.3 is 0 Å². The van der Waals surface area contributed by atoms with Crippen molar-refractivity contribution < 1.29 is 9.84 Å². The molecule has 0 aliphatic rings. The lowest BCUT2D eigenvalue weighted by molar-refractivity contribution is 0.282. The van der Waals surface area contributed by atoms with Gasteiger partial charge in [-0.3, -0.25) is 0 Å². The standard InChI is InChI=1S/C16H18N2O2S/c1-11-7-8-13(12(9-11)10-19)17-16(21)18-14-5-3-4-6-15(14)20-2/h3-9,19H,10H2,1-2H3,(H2,17,18,21). The summed E-state index contributed by atoms with van der Waals surface area (Å²) in [6, 6.07) is 13.3. The number of benzene rings is 2. The fourth-order valence-corrected chi connectivity index (χ4v) is 2.22. The van der Waals surface area contributed by atoms with Crippen LogP contribution in [-0.4, -0.2) is 17.3 Å². The SMILES string of the molecule is COc1ccccc1NC(=S)Nc1ccc(C)cc1CO. The summed E-state index contributed by atoms with van der Waals surface area (Å²) in [5.41, 5.74) is 3.47. The molecule has 0 amide bonds. The molecular formula is C16H18N2O2S. The smallest absolute Gasteiger partial charge is 0.175 e. The summed E-state index contributed by atoms with van der Waals surface area (Å²) in [5.74, 6) is 0.716. The van der Waals surface area contributed by atoms with E-state index in [1.54, 1.807) is 7.11 Å². The van der Waals surface area contributed by atoms with Crippen molar-refractivity contribution >= 4 is 28.7 Å². The Bertz CT molecular complexity index is 644. The predicted molar refractivity (Wildman–Crippen MR) is 89.9 cm³/mol. The van der Waals surface area contributed by atoms with Crippen LogP contribution < -0.4 is 15.4 Å². The van der Waals surface area contributed by atoms with E-state index in [-0.39, 0.29) is 6.61 Å². The van der Waals surface area contributed by atoms with E-state index in [0.29, 0.717) is 10.9 Å². The van der Waals surface area contributed by atoms with Crippen molar-refractivity contribution in [2.45, 2.75) is 13.5 Å². The molecule has 0 spiro atoms. The van der Waals surface area contributed by atoms with Crippen molar-refractivity contribution in [3.63, 3.8) is 0 Å². The predicted octanol–water partition coefficient (Wildman–Crippen LogP) is 3.30. The molecule has 21 heavy (non-hydrogen) atoms. The fourth-order valence-electron chi connectivity index (χ4n) is 2.00. The summed E-state index contributed by atoms with van der Waals surface area (Å²) >= 11 is 5.31. The van der Waals surface area contributed by atoms with Crippen molar-refractivity contribution in [3.8, 4) is 5.75 Å². The number of anilines is 2. The zero-order valence-electron chi connectivity index (χ0n) is 12.0. The van der Waals surface area contributed by atoms with Crippen LogP contribution in [0.15, 0.2) is 42.5 Å². The third kappa shape index (κ3) is 3.93. The molecule has 0 heterocycles. The Morgan fingerprint density at radius 2 is 1.86 bits per heavy atom. The van der Waals surface area contributed by atoms with Crippen LogP contribution in [0.25, 0.3) is 0 Å². The van der Waals surface area contributed by atoms with Gasteiger partial charge in [-0.25, -0.2) is 0 Å². The fraction of sp³-hybridized carbons (Fsp3) is 0.188. The lowest BCUT2D eigenvalue weighted by Crippen LogP contribution is -2.20. The van der Waals surface area contributed by atoms with Crippen LogP contribution in [0, 0.1) is 6.92 Å². The molecule has 0 unspecified atom stereocenters. The molecule has 3 N–H and O–H groups in total. The molecule has 0 bridgehead atoms. The number of nitrogens with one attached hydrogen (secondary N) is 2. The quantitative estimate of drug-likeness (QED) is 0.757. The average Bonchev–Trinajstić information content (AvgIpc) is 2.49. The van der Waals surface area contributed by atoms with E-state index < -0.39 is 0 Å². The molecule has 0 atom stereocenters. The molecule has 5 heteroatoms. The molecule has 0 fully saturated rings. The Hall–Kier alpha value is -2.11. The number of para-hydroxylation sites is 2. The summed E-state index contributed by atoms with van der Waals surface area (Å²) in [5, 5.41) is 16.0. The van der Waals surface area contributed by atoms with Crippen LogP contribution in [-0.2, 0) is 6.61 Å². The Morgan fingerprint density at radius 3 is 2.57 bits per heavy atom. The van der Waals surface area contributed by atoms with Gasteiger partial charge in [-0.15, -0.1) is 0 Å². The van der Waals surface area contributed by atoms with Crippen LogP contribution in [0.2, 0.25) is 0 Å². The van der Waals surface area contributed by atoms with E-state index in [2.05, 4.69) is 10.6 Å². The molecule has 4 nitrogen and oxygen atoms in total. The van der Waals surface area contributed by atoms with Crippen molar-refractivity contribution in [2.75, 3.05) is 17.7 Å². The third-order valence-electron chi connectivity index (χ3n) is 3.03. The van der Waals surface area contributed by atoms with Gasteiger partial charge < -0.3 is 20.5 Å². The zero-order chi connectivity index (χ0) is 15.2. The van der Waals surface area contributed by atoms with Gasteiger partial charge in [-0.2, -0.15) is 0 Å². The highest BCUT2D eigenvalue weighted by Crippen LogP contribution is 2.24. The summed E-state index contributed by atoms with van der Waals surface area (Å²) in [6.07, 6.45) is 0. The molecule has 2 aromatic rings. The van der Waals surface area contributed by atoms with Gasteiger partial charge in [0.1, 0.15) is 5.75 Å². The number of aliphatic hydroxyl groups excluding tert-OH is 1. The van der Waals surface area contributed by atoms with Crippen LogP contribution >= 0.6 is 12.2 Å². The highest BCUT2D eigenvalue weighted by atomic mass is 32.1. The van der Waals surface area contributed by atoms with E-state index in [9.17, 15) is 5.11 Å². The summed E-state index contributed by atoms with van der Waals surface area (Å²) in [4.78, 5) is 0. The van der Waals surface area contributed by atoms with Crippen molar-refractivity contribution in [3.05, 3.63) is 53.6 Å². The first-order chi connectivity index (χ1) is 10.1. The number of hydrogen-bond acceptors (Lipinski definition) is 3. The average molecular weight is 302 g/mol. The molecule has 0 aromatic heterocycles. The normalized spacial score (nSPS) is 10.0. The van der Waals surface area contributed by atoms with Gasteiger partial charge in [0.15, 0.2) is 5.11 Å². The van der Waals surface area contributed by atoms with Crippen molar-refractivity contribution in [1.82, 2.24) is 0 Å². The molecule has 0 aliphatic heterocycles. The van der Waals surface area contributed by atoms with Gasteiger partial charge in [0.05, 0.1) is 19.4 Å². The van der Waals surface area contributed by atoms with Crippen LogP contribution in [0.4, 0.5) is 11.4 Å². The maximum atomic E-state index is 9.40. The van der Waals surface area contributed by atoms with E-state index in [0.717, 1.165) is 22.5 Å². The Labute approximate surface area is 129 Å². The summed E-state index contributed by atoms with van der Waals surface area (Å²) in [7, 11) is 1.61. The third-order valence-corrected chi connectivity index (χ3v) is 3.24. The molecule has 2 aromatic carbocycles. The number of hydrogen-bond donors (Lipinski definition) is 3. The van der Waals surface area contributed by atoms with Crippen molar-refractivity contribution in [2.24, 2.45) is 0 Å². The molecular weight excluding hydrogens is 284 g/mol. The Morgan fingerprint density at radius 1 is 1.14 bits per heavy atom. The molecule has 0 aliphatic carbocycles. The second-order valence-electron chi connectivity index (χ2n) is 4.60. The molecule has 2 rings (SSSR count). The number of aliphatic hydroxyl groups is 1. The summed E-state index contributed by atoms with van der Waals surface area (Å²) < 4.78 is 5.27. The molecule has 0 saturated carbocycles. The van der Waals surface area contributed by atoms with Crippen LogP contribution in [0.5, 0.6) is 5.75 Å². The molecule has 0 saturated heterocycles. The number of ether oxygens (including phenoxy) is 1. The zero-order valence-corrected chi connectivity index (χ0v) is 12.8. The van der Waals surface area contributed by atoms with Crippen LogP contribution in [0.3, 0.4) is 0 Å². The van der Waals surface area contributed by atoms with Gasteiger partial charge in [0.25, 0.3) is 0 Å². The molecule has 0 radical (unpaired) electrons. The maximum absolute atomic E-state index is 9.40. The lowest BCUT2D eigenvalue weighted by Gasteiger charge is -2.15.